The van der Waals surface area contributed by atoms with E-state index in [0.29, 0.717) is 16.4 Å². The lowest BCUT2D eigenvalue weighted by Crippen LogP contribution is -2.42. The fraction of sp³-hybridized carbons (Fsp3) is 0.368. The lowest BCUT2D eigenvalue weighted by molar-refractivity contribution is -0.121. The fourth-order valence-corrected chi connectivity index (χ4v) is 4.65. The Balaban J connectivity index is 1.59. The van der Waals surface area contributed by atoms with E-state index in [1.165, 1.54) is 41.7 Å². The van der Waals surface area contributed by atoms with Gasteiger partial charge in [0.25, 0.3) is 5.91 Å². The zero-order chi connectivity index (χ0) is 19.4. The van der Waals surface area contributed by atoms with E-state index in [0.717, 1.165) is 22.9 Å². The van der Waals surface area contributed by atoms with Crippen LogP contribution in [0.25, 0.3) is 0 Å². The third kappa shape index (κ3) is 4.62. The highest BCUT2D eigenvalue weighted by Crippen LogP contribution is 2.33. The molecule has 8 heteroatoms. The van der Waals surface area contributed by atoms with Gasteiger partial charge in [0.05, 0.1) is 25.5 Å². The highest BCUT2D eigenvalue weighted by Gasteiger charge is 2.18. The Hall–Kier alpha value is -2.06. The van der Waals surface area contributed by atoms with Gasteiger partial charge in [-0.2, -0.15) is 0 Å². The normalized spacial score (nSPS) is 12.9. The SMILES string of the molecule is COc1cc(Br)c(CC(=O)NNC(=O)c2cc3c(s2)CCCC3)cc1OC. The minimum absolute atomic E-state index is 0.0855. The Bertz CT molecular complexity index is 842. The number of carbonyl (C=O) groups is 2. The first-order chi connectivity index (χ1) is 13.0. The van der Waals surface area contributed by atoms with Crippen LogP contribution in [0.3, 0.4) is 0 Å². The lowest BCUT2D eigenvalue weighted by atomic mass is 9.99. The molecule has 2 N–H and O–H groups in total. The van der Waals surface area contributed by atoms with Gasteiger partial charge in [-0.05, 0) is 55.0 Å². The number of halogens is 1. The molecule has 2 aromatic rings. The van der Waals surface area contributed by atoms with Crippen molar-refractivity contribution in [3.05, 3.63) is 43.6 Å². The van der Waals surface area contributed by atoms with Crippen molar-refractivity contribution in [2.24, 2.45) is 0 Å². The van der Waals surface area contributed by atoms with Gasteiger partial charge in [-0.15, -0.1) is 11.3 Å². The zero-order valence-corrected chi connectivity index (χ0v) is 17.6. The van der Waals surface area contributed by atoms with Crippen molar-refractivity contribution in [2.45, 2.75) is 32.1 Å². The fourth-order valence-electron chi connectivity index (χ4n) is 3.04. The molecule has 2 amide bonds. The number of hydrogen-bond acceptors (Lipinski definition) is 5. The van der Waals surface area contributed by atoms with Crippen molar-refractivity contribution in [1.82, 2.24) is 10.9 Å². The van der Waals surface area contributed by atoms with E-state index in [1.54, 1.807) is 19.2 Å². The third-order valence-corrected chi connectivity index (χ3v) is 6.41. The molecule has 0 atom stereocenters. The molecule has 0 saturated heterocycles. The van der Waals surface area contributed by atoms with Gasteiger partial charge >= 0.3 is 0 Å². The van der Waals surface area contributed by atoms with E-state index >= 15 is 0 Å². The van der Waals surface area contributed by atoms with Crippen molar-refractivity contribution in [1.29, 1.82) is 0 Å². The second kappa shape index (κ2) is 8.75. The summed E-state index contributed by atoms with van der Waals surface area (Å²) in [6, 6.07) is 5.42. The largest absolute Gasteiger partial charge is 0.493 e. The van der Waals surface area contributed by atoms with E-state index in [2.05, 4.69) is 26.8 Å². The Kier molecular flexibility index (Phi) is 6.38. The monoisotopic (exact) mass is 452 g/mol. The molecule has 0 radical (unpaired) electrons. The molecule has 0 unspecified atom stereocenters. The van der Waals surface area contributed by atoms with Crippen LogP contribution < -0.4 is 20.3 Å². The van der Waals surface area contributed by atoms with Crippen LogP contribution in [0.2, 0.25) is 0 Å². The van der Waals surface area contributed by atoms with E-state index in [-0.39, 0.29) is 18.2 Å². The summed E-state index contributed by atoms with van der Waals surface area (Å²) in [5.74, 6) is 0.506. The number of hydrazine groups is 1. The maximum atomic E-state index is 12.3. The molecule has 144 valence electrons. The van der Waals surface area contributed by atoms with Gasteiger partial charge in [0, 0.05) is 9.35 Å². The Labute approximate surface area is 170 Å². The number of aryl methyl sites for hydroxylation is 2. The highest BCUT2D eigenvalue weighted by molar-refractivity contribution is 9.10. The van der Waals surface area contributed by atoms with Crippen LogP contribution in [0.1, 0.15) is 38.5 Å². The number of hydrogen-bond donors (Lipinski definition) is 2. The first-order valence-electron chi connectivity index (χ1n) is 8.63. The average molecular weight is 453 g/mol. The Morgan fingerprint density at radius 2 is 1.78 bits per heavy atom. The van der Waals surface area contributed by atoms with Crippen molar-refractivity contribution in [3.63, 3.8) is 0 Å². The number of ether oxygens (including phenoxy) is 2. The smallest absolute Gasteiger partial charge is 0.279 e. The summed E-state index contributed by atoms with van der Waals surface area (Å²) in [5, 5.41) is 0. The standard InChI is InChI=1S/C19H21BrN2O4S/c1-25-14-7-12(13(20)10-15(14)26-2)9-18(23)21-22-19(24)17-8-11-5-3-4-6-16(11)27-17/h7-8,10H,3-6,9H2,1-2H3,(H,21,23)(H,22,24). The van der Waals surface area contributed by atoms with Gasteiger partial charge < -0.3 is 9.47 Å². The number of nitrogens with one attached hydrogen (secondary N) is 2. The van der Waals surface area contributed by atoms with Crippen LogP contribution in [0.5, 0.6) is 11.5 Å². The number of fused-ring (bicyclic) bond motifs is 1. The van der Waals surface area contributed by atoms with Gasteiger partial charge in [-0.25, -0.2) is 0 Å². The van der Waals surface area contributed by atoms with Crippen LogP contribution in [0, 0.1) is 0 Å². The number of carbonyl (C=O) groups excluding carboxylic acids is 2. The molecular weight excluding hydrogens is 432 g/mol. The molecule has 0 fully saturated rings. The molecule has 3 rings (SSSR count). The van der Waals surface area contributed by atoms with Crippen LogP contribution in [-0.4, -0.2) is 26.0 Å². The first-order valence-corrected chi connectivity index (χ1v) is 10.2. The second-order valence-corrected chi connectivity index (χ2v) is 8.23. The molecule has 1 aliphatic rings. The second-order valence-electron chi connectivity index (χ2n) is 6.24. The van der Waals surface area contributed by atoms with E-state index in [1.807, 2.05) is 6.07 Å². The molecule has 1 aromatic carbocycles. The number of amides is 2. The molecule has 0 saturated carbocycles. The van der Waals surface area contributed by atoms with E-state index < -0.39 is 0 Å². The number of thiophene rings is 1. The number of benzene rings is 1. The topological polar surface area (TPSA) is 76.7 Å². The highest BCUT2D eigenvalue weighted by atomic mass is 79.9. The predicted molar refractivity (Wildman–Crippen MR) is 108 cm³/mol. The predicted octanol–water partition coefficient (Wildman–Crippen LogP) is 3.41. The minimum Gasteiger partial charge on any atom is -0.493 e. The van der Waals surface area contributed by atoms with Crippen LogP contribution in [-0.2, 0) is 24.1 Å². The summed E-state index contributed by atoms with van der Waals surface area (Å²) in [7, 11) is 3.09. The van der Waals surface area contributed by atoms with Crippen molar-refractivity contribution in [2.75, 3.05) is 14.2 Å². The lowest BCUT2D eigenvalue weighted by Gasteiger charge is -2.12. The summed E-state index contributed by atoms with van der Waals surface area (Å²) in [6.45, 7) is 0. The summed E-state index contributed by atoms with van der Waals surface area (Å²) in [4.78, 5) is 26.5. The van der Waals surface area contributed by atoms with Gasteiger partial charge in [-0.1, -0.05) is 15.9 Å². The molecular formula is C19H21BrN2O4S. The van der Waals surface area contributed by atoms with Gasteiger partial charge in [-0.3, -0.25) is 20.4 Å². The zero-order valence-electron chi connectivity index (χ0n) is 15.2. The van der Waals surface area contributed by atoms with Gasteiger partial charge in [0.15, 0.2) is 11.5 Å². The maximum Gasteiger partial charge on any atom is 0.279 e. The Morgan fingerprint density at radius 3 is 2.48 bits per heavy atom. The molecule has 1 heterocycles. The third-order valence-electron chi connectivity index (χ3n) is 4.44. The summed E-state index contributed by atoms with van der Waals surface area (Å²) >= 11 is 4.94. The first kappa shape index (κ1) is 19.7. The summed E-state index contributed by atoms with van der Waals surface area (Å²) in [6.07, 6.45) is 4.49. The minimum atomic E-state index is -0.322. The maximum absolute atomic E-state index is 12.3. The van der Waals surface area contributed by atoms with E-state index in [9.17, 15) is 9.59 Å². The molecule has 6 nitrogen and oxygen atoms in total. The van der Waals surface area contributed by atoms with Gasteiger partial charge in [0.2, 0.25) is 5.91 Å². The van der Waals surface area contributed by atoms with Crippen LogP contribution in [0.4, 0.5) is 0 Å². The molecule has 27 heavy (non-hydrogen) atoms. The molecule has 0 spiro atoms. The number of methoxy groups -OCH3 is 2. The summed E-state index contributed by atoms with van der Waals surface area (Å²) in [5.41, 5.74) is 6.97. The van der Waals surface area contributed by atoms with Gasteiger partial charge in [0.1, 0.15) is 0 Å². The Morgan fingerprint density at radius 1 is 1.07 bits per heavy atom. The molecule has 0 bridgehead atoms. The molecule has 1 aliphatic carbocycles. The molecule has 0 aliphatic heterocycles. The summed E-state index contributed by atoms with van der Waals surface area (Å²) < 4.78 is 11.2. The average Bonchev–Trinajstić information content (AvgIpc) is 3.11. The van der Waals surface area contributed by atoms with E-state index in [4.69, 9.17) is 9.47 Å². The quantitative estimate of drug-likeness (QED) is 0.681. The molecule has 1 aromatic heterocycles. The van der Waals surface area contributed by atoms with Crippen molar-refractivity contribution >= 4 is 39.1 Å². The van der Waals surface area contributed by atoms with Crippen LogP contribution in [0.15, 0.2) is 22.7 Å². The number of rotatable bonds is 5. The van der Waals surface area contributed by atoms with Crippen molar-refractivity contribution < 1.29 is 19.1 Å². The van der Waals surface area contributed by atoms with Crippen LogP contribution >= 0.6 is 27.3 Å². The van der Waals surface area contributed by atoms with Crippen molar-refractivity contribution in [3.8, 4) is 11.5 Å².